The lowest BCUT2D eigenvalue weighted by Crippen LogP contribution is -2.26. The van der Waals surface area contributed by atoms with Crippen LogP contribution in [0.3, 0.4) is 0 Å². The molecule has 0 aliphatic carbocycles. The maximum absolute atomic E-state index is 13.0. The summed E-state index contributed by atoms with van der Waals surface area (Å²) in [4.78, 5) is 11.8. The Morgan fingerprint density at radius 3 is 2.30 bits per heavy atom. The zero-order valence-corrected chi connectivity index (χ0v) is 16.1. The van der Waals surface area contributed by atoms with Crippen molar-refractivity contribution in [3.05, 3.63) is 66.7 Å². The van der Waals surface area contributed by atoms with Crippen LogP contribution in [-0.4, -0.2) is 21.4 Å². The molecule has 3 aromatic rings. The van der Waals surface area contributed by atoms with Crippen molar-refractivity contribution >= 4 is 32.5 Å². The van der Waals surface area contributed by atoms with E-state index in [-0.39, 0.29) is 10.9 Å². The van der Waals surface area contributed by atoms with Gasteiger partial charge in [0.05, 0.1) is 10.6 Å². The van der Waals surface area contributed by atoms with Crippen molar-refractivity contribution in [3.8, 4) is 5.75 Å². The highest BCUT2D eigenvalue weighted by Gasteiger charge is 2.21. The molecule has 3 aromatic carbocycles. The number of anilines is 1. The molecule has 0 aliphatic heterocycles. The molecule has 6 heteroatoms. The summed E-state index contributed by atoms with van der Waals surface area (Å²) in [6.07, 6.45) is 1.06. The van der Waals surface area contributed by atoms with Gasteiger partial charge in [-0.05, 0) is 53.6 Å². The van der Waals surface area contributed by atoms with E-state index in [2.05, 4.69) is 0 Å². The maximum Gasteiger partial charge on any atom is 0.311 e. The second-order valence-corrected chi connectivity index (χ2v) is 8.17. The molecule has 27 heavy (non-hydrogen) atoms. The first kappa shape index (κ1) is 18.9. The molecule has 0 aromatic heterocycles. The molecular formula is C21H21NO4S. The Hall–Kier alpha value is -2.86. The van der Waals surface area contributed by atoms with E-state index >= 15 is 0 Å². The SMILES string of the molecule is CCCC(=O)Oc1ccc(N(C)S(=O)(=O)c2ccc3ccccc3c2)cc1. The summed E-state index contributed by atoms with van der Waals surface area (Å²) in [5, 5.41) is 1.85. The van der Waals surface area contributed by atoms with Crippen molar-refractivity contribution < 1.29 is 17.9 Å². The van der Waals surface area contributed by atoms with Gasteiger partial charge in [-0.15, -0.1) is 0 Å². The van der Waals surface area contributed by atoms with E-state index in [1.165, 1.54) is 11.4 Å². The molecule has 140 valence electrons. The average Bonchev–Trinajstić information content (AvgIpc) is 2.67. The van der Waals surface area contributed by atoms with E-state index in [0.29, 0.717) is 24.3 Å². The summed E-state index contributed by atoms with van der Waals surface area (Å²) in [6, 6.07) is 19.1. The van der Waals surface area contributed by atoms with Crippen LogP contribution >= 0.6 is 0 Å². The highest BCUT2D eigenvalue weighted by Crippen LogP contribution is 2.26. The minimum atomic E-state index is -3.70. The first-order valence-corrected chi connectivity index (χ1v) is 10.1. The molecule has 0 saturated carbocycles. The first-order valence-electron chi connectivity index (χ1n) is 8.70. The number of carbonyl (C=O) groups is 1. The van der Waals surface area contributed by atoms with E-state index in [1.807, 2.05) is 31.2 Å². The summed E-state index contributed by atoms with van der Waals surface area (Å²) < 4.78 is 32.3. The lowest BCUT2D eigenvalue weighted by atomic mass is 10.1. The van der Waals surface area contributed by atoms with Gasteiger partial charge in [0.25, 0.3) is 10.0 Å². The first-order chi connectivity index (χ1) is 12.9. The van der Waals surface area contributed by atoms with Crippen LogP contribution < -0.4 is 9.04 Å². The van der Waals surface area contributed by atoms with Crippen LogP contribution in [0.2, 0.25) is 0 Å². The number of hydrogen-bond acceptors (Lipinski definition) is 4. The van der Waals surface area contributed by atoms with Gasteiger partial charge in [0.2, 0.25) is 0 Å². The van der Waals surface area contributed by atoms with Crippen molar-refractivity contribution in [2.24, 2.45) is 0 Å². The van der Waals surface area contributed by atoms with Gasteiger partial charge in [-0.1, -0.05) is 37.3 Å². The smallest absolute Gasteiger partial charge is 0.311 e. The van der Waals surface area contributed by atoms with Crippen molar-refractivity contribution in [1.29, 1.82) is 0 Å². The molecular weight excluding hydrogens is 362 g/mol. The number of benzene rings is 3. The maximum atomic E-state index is 13.0. The fraction of sp³-hybridized carbons (Fsp3) is 0.190. The molecule has 0 fully saturated rings. The van der Waals surface area contributed by atoms with Crippen molar-refractivity contribution in [2.45, 2.75) is 24.7 Å². The number of sulfonamides is 1. The van der Waals surface area contributed by atoms with Gasteiger partial charge in [-0.3, -0.25) is 9.10 Å². The molecule has 0 atom stereocenters. The molecule has 0 spiro atoms. The predicted octanol–water partition coefficient (Wildman–Crippen LogP) is 4.37. The largest absolute Gasteiger partial charge is 0.427 e. The Balaban J connectivity index is 1.84. The number of esters is 1. The summed E-state index contributed by atoms with van der Waals surface area (Å²) >= 11 is 0. The third kappa shape index (κ3) is 4.11. The minimum Gasteiger partial charge on any atom is -0.427 e. The van der Waals surface area contributed by atoms with Crippen molar-refractivity contribution in [2.75, 3.05) is 11.4 Å². The second kappa shape index (κ2) is 7.80. The summed E-state index contributed by atoms with van der Waals surface area (Å²) in [5.41, 5.74) is 0.485. The topological polar surface area (TPSA) is 63.7 Å². The lowest BCUT2D eigenvalue weighted by molar-refractivity contribution is -0.134. The van der Waals surface area contributed by atoms with E-state index in [1.54, 1.807) is 42.5 Å². The molecule has 0 bridgehead atoms. The summed E-state index contributed by atoms with van der Waals surface area (Å²) in [7, 11) is -2.20. The van der Waals surface area contributed by atoms with Gasteiger partial charge < -0.3 is 4.74 Å². The average molecular weight is 383 g/mol. The molecule has 0 N–H and O–H groups in total. The molecule has 0 saturated heterocycles. The Bertz CT molecular complexity index is 1060. The standard InChI is InChI=1S/C21H21NO4S/c1-3-6-21(23)26-19-12-10-18(11-13-19)22(2)27(24,25)20-14-9-16-7-4-5-8-17(16)15-20/h4-5,7-15H,3,6H2,1-2H3. The molecule has 0 amide bonds. The highest BCUT2D eigenvalue weighted by atomic mass is 32.2. The number of ether oxygens (including phenoxy) is 1. The number of fused-ring (bicyclic) bond motifs is 1. The van der Waals surface area contributed by atoms with Crippen molar-refractivity contribution in [1.82, 2.24) is 0 Å². The van der Waals surface area contributed by atoms with E-state index in [4.69, 9.17) is 4.74 Å². The molecule has 0 radical (unpaired) electrons. The van der Waals surface area contributed by atoms with E-state index in [9.17, 15) is 13.2 Å². The van der Waals surface area contributed by atoms with Gasteiger partial charge in [0.1, 0.15) is 5.75 Å². The van der Waals surface area contributed by atoms with Crippen molar-refractivity contribution in [3.63, 3.8) is 0 Å². The van der Waals surface area contributed by atoms with Crippen LogP contribution in [0.5, 0.6) is 5.75 Å². The number of rotatable bonds is 6. The van der Waals surface area contributed by atoms with E-state index in [0.717, 1.165) is 10.8 Å². The van der Waals surface area contributed by atoms with Gasteiger partial charge in [0.15, 0.2) is 0 Å². The normalized spacial score (nSPS) is 11.3. The Kier molecular flexibility index (Phi) is 5.46. The van der Waals surface area contributed by atoms with Crippen LogP contribution in [0.1, 0.15) is 19.8 Å². The number of nitrogens with zero attached hydrogens (tertiary/aromatic N) is 1. The fourth-order valence-corrected chi connectivity index (χ4v) is 3.97. The van der Waals surface area contributed by atoms with Gasteiger partial charge in [0, 0.05) is 13.5 Å². The Labute approximate surface area is 159 Å². The van der Waals surface area contributed by atoms with Crippen LogP contribution in [0.4, 0.5) is 5.69 Å². The van der Waals surface area contributed by atoms with Gasteiger partial charge in [-0.25, -0.2) is 8.42 Å². The molecule has 0 heterocycles. The monoisotopic (exact) mass is 383 g/mol. The fourth-order valence-electron chi connectivity index (χ4n) is 2.74. The van der Waals surface area contributed by atoms with Crippen LogP contribution in [0.15, 0.2) is 71.6 Å². The molecule has 0 aliphatic rings. The van der Waals surface area contributed by atoms with Gasteiger partial charge in [-0.2, -0.15) is 0 Å². The quantitative estimate of drug-likeness (QED) is 0.468. The second-order valence-electron chi connectivity index (χ2n) is 6.20. The number of carbonyl (C=O) groups excluding carboxylic acids is 1. The summed E-state index contributed by atoms with van der Waals surface area (Å²) in [6.45, 7) is 1.90. The molecule has 5 nitrogen and oxygen atoms in total. The van der Waals surface area contributed by atoms with Gasteiger partial charge >= 0.3 is 5.97 Å². The lowest BCUT2D eigenvalue weighted by Gasteiger charge is -2.20. The third-order valence-corrected chi connectivity index (χ3v) is 6.05. The molecule has 3 rings (SSSR count). The zero-order chi connectivity index (χ0) is 19.4. The Morgan fingerprint density at radius 2 is 1.63 bits per heavy atom. The third-order valence-electron chi connectivity index (χ3n) is 4.27. The zero-order valence-electron chi connectivity index (χ0n) is 15.3. The molecule has 0 unspecified atom stereocenters. The van der Waals surface area contributed by atoms with E-state index < -0.39 is 10.0 Å². The Morgan fingerprint density at radius 1 is 0.963 bits per heavy atom. The van der Waals surface area contributed by atoms with Crippen LogP contribution in [0, 0.1) is 0 Å². The van der Waals surface area contributed by atoms with Crippen LogP contribution in [-0.2, 0) is 14.8 Å². The predicted molar refractivity (Wildman–Crippen MR) is 107 cm³/mol. The minimum absolute atomic E-state index is 0.224. The van der Waals surface area contributed by atoms with Crippen LogP contribution in [0.25, 0.3) is 10.8 Å². The summed E-state index contributed by atoms with van der Waals surface area (Å²) in [5.74, 6) is 0.0936. The highest BCUT2D eigenvalue weighted by molar-refractivity contribution is 7.92. The number of hydrogen-bond donors (Lipinski definition) is 0.